The lowest BCUT2D eigenvalue weighted by Crippen LogP contribution is -2.09. The Morgan fingerprint density at radius 3 is 2.71 bits per heavy atom. The second kappa shape index (κ2) is 6.49. The fraction of sp³-hybridized carbons (Fsp3) is 0.500. The Hall–Kier alpha value is -2.22. The lowest BCUT2D eigenvalue weighted by Gasteiger charge is -2.15. The molecule has 2 heterocycles. The first-order valence-electron chi connectivity index (χ1n) is 7.26. The van der Waals surface area contributed by atoms with Crippen molar-refractivity contribution >= 4 is 0 Å². The van der Waals surface area contributed by atoms with Crippen LogP contribution >= 0.6 is 0 Å². The smallest absolute Gasteiger partial charge is 0.182 e. The SMILES string of the molecule is Cc1nnc(-c2ccccn2)n1CCCCC(C)(C)C#N. The van der Waals surface area contributed by atoms with E-state index in [9.17, 15) is 0 Å². The van der Waals surface area contributed by atoms with Crippen LogP contribution in [0.3, 0.4) is 0 Å². The number of aromatic nitrogens is 4. The first kappa shape index (κ1) is 15.2. The van der Waals surface area contributed by atoms with E-state index in [1.165, 1.54) is 0 Å². The molecule has 5 heteroatoms. The van der Waals surface area contributed by atoms with Crippen molar-refractivity contribution in [2.75, 3.05) is 0 Å². The Bertz CT molecular complexity index is 622. The molecule has 0 spiro atoms. The van der Waals surface area contributed by atoms with Gasteiger partial charge in [0.15, 0.2) is 5.82 Å². The quantitative estimate of drug-likeness (QED) is 0.762. The molecule has 0 aromatic carbocycles. The molecule has 2 rings (SSSR count). The molecule has 0 aliphatic heterocycles. The Kier molecular flexibility index (Phi) is 4.69. The maximum atomic E-state index is 9.03. The van der Waals surface area contributed by atoms with Crippen LogP contribution in [-0.2, 0) is 6.54 Å². The summed E-state index contributed by atoms with van der Waals surface area (Å²) in [5.74, 6) is 1.71. The van der Waals surface area contributed by atoms with Crippen LogP contribution in [-0.4, -0.2) is 19.7 Å². The normalized spacial score (nSPS) is 11.3. The van der Waals surface area contributed by atoms with Crippen LogP contribution in [0, 0.1) is 23.7 Å². The van der Waals surface area contributed by atoms with E-state index in [2.05, 4.69) is 25.8 Å². The summed E-state index contributed by atoms with van der Waals surface area (Å²) < 4.78 is 2.10. The zero-order valence-electron chi connectivity index (χ0n) is 12.9. The van der Waals surface area contributed by atoms with Crippen molar-refractivity contribution in [3.8, 4) is 17.6 Å². The third-order valence-electron chi connectivity index (χ3n) is 3.57. The summed E-state index contributed by atoms with van der Waals surface area (Å²) in [6.07, 6.45) is 4.69. The number of unbranched alkanes of at least 4 members (excludes halogenated alkanes) is 1. The molecule has 110 valence electrons. The van der Waals surface area contributed by atoms with E-state index in [1.807, 2.05) is 39.0 Å². The second-order valence-electron chi connectivity index (χ2n) is 5.89. The van der Waals surface area contributed by atoms with Crippen molar-refractivity contribution in [1.29, 1.82) is 5.26 Å². The highest BCUT2D eigenvalue weighted by Crippen LogP contribution is 2.22. The number of nitriles is 1. The van der Waals surface area contributed by atoms with Gasteiger partial charge in [-0.2, -0.15) is 5.26 Å². The van der Waals surface area contributed by atoms with Crippen molar-refractivity contribution in [3.63, 3.8) is 0 Å². The standard InChI is InChI=1S/C16H21N5/c1-13-19-20-15(14-8-4-6-10-18-14)21(13)11-7-5-9-16(2,3)12-17/h4,6,8,10H,5,7,9,11H2,1-3H3. The predicted molar refractivity (Wildman–Crippen MR) is 81.2 cm³/mol. The van der Waals surface area contributed by atoms with Gasteiger partial charge in [0.2, 0.25) is 0 Å². The van der Waals surface area contributed by atoms with E-state index in [0.717, 1.165) is 43.1 Å². The molecule has 0 fully saturated rings. The minimum atomic E-state index is -0.244. The van der Waals surface area contributed by atoms with Crippen molar-refractivity contribution in [1.82, 2.24) is 19.7 Å². The maximum absolute atomic E-state index is 9.03. The van der Waals surface area contributed by atoms with Crippen LogP contribution < -0.4 is 0 Å². The van der Waals surface area contributed by atoms with Crippen molar-refractivity contribution in [3.05, 3.63) is 30.2 Å². The van der Waals surface area contributed by atoms with Gasteiger partial charge in [0.25, 0.3) is 0 Å². The molecule has 0 aliphatic carbocycles. The van der Waals surface area contributed by atoms with Gasteiger partial charge in [-0.25, -0.2) is 0 Å². The van der Waals surface area contributed by atoms with Gasteiger partial charge >= 0.3 is 0 Å². The van der Waals surface area contributed by atoms with Crippen LogP contribution in [0.25, 0.3) is 11.5 Å². The maximum Gasteiger partial charge on any atom is 0.182 e. The van der Waals surface area contributed by atoms with Crippen molar-refractivity contribution < 1.29 is 0 Å². The van der Waals surface area contributed by atoms with Crippen LogP contribution in [0.1, 0.15) is 38.9 Å². The molecule has 0 saturated carbocycles. The van der Waals surface area contributed by atoms with Crippen LogP contribution in [0.4, 0.5) is 0 Å². The first-order valence-corrected chi connectivity index (χ1v) is 7.26. The topological polar surface area (TPSA) is 67.4 Å². The third-order valence-corrected chi connectivity index (χ3v) is 3.57. The van der Waals surface area contributed by atoms with Gasteiger partial charge in [0, 0.05) is 12.7 Å². The summed E-state index contributed by atoms with van der Waals surface area (Å²) in [5.41, 5.74) is 0.599. The van der Waals surface area contributed by atoms with Gasteiger partial charge < -0.3 is 4.57 Å². The van der Waals surface area contributed by atoms with Gasteiger partial charge in [-0.15, -0.1) is 10.2 Å². The molecule has 0 aliphatic rings. The fourth-order valence-corrected chi connectivity index (χ4v) is 2.23. The van der Waals surface area contributed by atoms with Crippen molar-refractivity contribution in [2.45, 2.75) is 46.6 Å². The first-order chi connectivity index (χ1) is 10.0. The molecule has 0 radical (unpaired) electrons. The number of nitrogens with zero attached hydrogens (tertiary/aromatic N) is 5. The zero-order valence-corrected chi connectivity index (χ0v) is 12.9. The number of hydrogen-bond donors (Lipinski definition) is 0. The molecule has 2 aromatic heterocycles. The van der Waals surface area contributed by atoms with E-state index in [4.69, 9.17) is 5.26 Å². The Labute approximate surface area is 125 Å². The van der Waals surface area contributed by atoms with Gasteiger partial charge in [0.1, 0.15) is 11.5 Å². The highest BCUT2D eigenvalue weighted by atomic mass is 15.3. The molecule has 0 saturated heterocycles. The van der Waals surface area contributed by atoms with Crippen LogP contribution in [0.5, 0.6) is 0 Å². The lowest BCUT2D eigenvalue weighted by molar-refractivity contribution is 0.416. The monoisotopic (exact) mass is 283 g/mol. The van der Waals surface area contributed by atoms with Crippen molar-refractivity contribution in [2.24, 2.45) is 5.41 Å². The zero-order chi connectivity index (χ0) is 15.3. The number of hydrogen-bond acceptors (Lipinski definition) is 4. The van der Waals surface area contributed by atoms with E-state index < -0.39 is 0 Å². The van der Waals surface area contributed by atoms with E-state index in [0.29, 0.717) is 0 Å². The van der Waals surface area contributed by atoms with Gasteiger partial charge in [-0.05, 0) is 45.7 Å². The summed E-state index contributed by atoms with van der Waals surface area (Å²) in [6, 6.07) is 8.13. The largest absolute Gasteiger partial charge is 0.310 e. The Morgan fingerprint density at radius 2 is 2.05 bits per heavy atom. The molecule has 0 unspecified atom stereocenters. The lowest BCUT2D eigenvalue weighted by atomic mass is 9.89. The summed E-state index contributed by atoms with van der Waals surface area (Å²) in [4.78, 5) is 4.34. The Balaban J connectivity index is 2.02. The number of rotatable bonds is 6. The number of aryl methyl sites for hydroxylation is 1. The Morgan fingerprint density at radius 1 is 1.24 bits per heavy atom. The minimum Gasteiger partial charge on any atom is -0.310 e. The third kappa shape index (κ3) is 3.88. The molecule has 21 heavy (non-hydrogen) atoms. The fourth-order valence-electron chi connectivity index (χ4n) is 2.23. The molecule has 0 atom stereocenters. The predicted octanol–water partition coefficient (Wildman–Crippen LogP) is 3.37. The summed E-state index contributed by atoms with van der Waals surface area (Å²) in [7, 11) is 0. The van der Waals surface area contributed by atoms with Gasteiger partial charge in [-0.1, -0.05) is 12.5 Å². The molecule has 0 bridgehead atoms. The summed E-state index contributed by atoms with van der Waals surface area (Å²) in [5, 5.41) is 17.4. The van der Waals surface area contributed by atoms with Gasteiger partial charge in [-0.3, -0.25) is 4.98 Å². The molecule has 0 N–H and O–H groups in total. The van der Waals surface area contributed by atoms with Gasteiger partial charge in [0.05, 0.1) is 11.5 Å². The van der Waals surface area contributed by atoms with E-state index in [-0.39, 0.29) is 5.41 Å². The van der Waals surface area contributed by atoms with E-state index >= 15 is 0 Å². The highest BCUT2D eigenvalue weighted by Gasteiger charge is 2.16. The van der Waals surface area contributed by atoms with Crippen LogP contribution in [0.15, 0.2) is 24.4 Å². The summed E-state index contributed by atoms with van der Waals surface area (Å²) in [6.45, 7) is 6.78. The summed E-state index contributed by atoms with van der Waals surface area (Å²) >= 11 is 0. The molecule has 0 amide bonds. The molecular weight excluding hydrogens is 262 g/mol. The second-order valence-corrected chi connectivity index (χ2v) is 5.89. The van der Waals surface area contributed by atoms with E-state index in [1.54, 1.807) is 6.20 Å². The average molecular weight is 283 g/mol. The molecule has 5 nitrogen and oxygen atoms in total. The average Bonchev–Trinajstić information content (AvgIpc) is 2.86. The van der Waals surface area contributed by atoms with Crippen LogP contribution in [0.2, 0.25) is 0 Å². The molecule has 2 aromatic rings. The molecular formula is C16H21N5. The highest BCUT2D eigenvalue weighted by molar-refractivity contribution is 5.48. The minimum absolute atomic E-state index is 0.244. The number of pyridine rings is 1.